The van der Waals surface area contributed by atoms with E-state index in [1.165, 1.54) is 6.07 Å². The lowest BCUT2D eigenvalue weighted by atomic mass is 10.1. The SMILES string of the molecule is Fc1cnc(CN2CCN(c3cccc(C(F)(F)F)c3)CC2)c(F)c1. The van der Waals surface area contributed by atoms with E-state index in [-0.39, 0.29) is 12.2 Å². The van der Waals surface area contributed by atoms with E-state index in [1.54, 1.807) is 6.07 Å². The summed E-state index contributed by atoms with van der Waals surface area (Å²) in [5.74, 6) is -1.42. The number of rotatable bonds is 3. The first kappa shape index (κ1) is 17.6. The normalized spacial score (nSPS) is 16.3. The smallest absolute Gasteiger partial charge is 0.369 e. The molecule has 0 amide bonds. The number of hydrogen-bond donors (Lipinski definition) is 0. The van der Waals surface area contributed by atoms with Gasteiger partial charge in [0.15, 0.2) is 0 Å². The number of piperazine rings is 1. The molecule has 0 saturated carbocycles. The Morgan fingerprint density at radius 3 is 2.36 bits per heavy atom. The van der Waals surface area contributed by atoms with Crippen molar-refractivity contribution < 1.29 is 22.0 Å². The Hall–Kier alpha value is -2.22. The van der Waals surface area contributed by atoms with Crippen LogP contribution in [0, 0.1) is 11.6 Å². The van der Waals surface area contributed by atoms with Gasteiger partial charge in [0.05, 0.1) is 17.5 Å². The topological polar surface area (TPSA) is 19.4 Å². The van der Waals surface area contributed by atoms with Crippen molar-refractivity contribution >= 4 is 5.69 Å². The van der Waals surface area contributed by atoms with E-state index < -0.39 is 23.4 Å². The molecule has 1 aliphatic heterocycles. The van der Waals surface area contributed by atoms with Gasteiger partial charge in [0.25, 0.3) is 0 Å². The Balaban J connectivity index is 1.62. The fourth-order valence-electron chi connectivity index (χ4n) is 2.81. The summed E-state index contributed by atoms with van der Waals surface area (Å²) in [7, 11) is 0. The molecule has 25 heavy (non-hydrogen) atoms. The van der Waals surface area contributed by atoms with Crippen molar-refractivity contribution in [2.45, 2.75) is 12.7 Å². The van der Waals surface area contributed by atoms with Crippen molar-refractivity contribution in [1.29, 1.82) is 0 Å². The number of pyridine rings is 1. The van der Waals surface area contributed by atoms with Gasteiger partial charge in [0.2, 0.25) is 0 Å². The lowest BCUT2D eigenvalue weighted by Crippen LogP contribution is -2.46. The predicted molar refractivity (Wildman–Crippen MR) is 83.1 cm³/mol. The second-order valence-corrected chi connectivity index (χ2v) is 5.89. The van der Waals surface area contributed by atoms with Gasteiger partial charge in [-0.15, -0.1) is 0 Å². The maximum Gasteiger partial charge on any atom is 0.416 e. The molecule has 0 N–H and O–H groups in total. The minimum absolute atomic E-state index is 0.161. The highest BCUT2D eigenvalue weighted by atomic mass is 19.4. The molecular weight excluding hydrogens is 341 g/mol. The van der Waals surface area contributed by atoms with Crippen LogP contribution in [0.4, 0.5) is 27.6 Å². The van der Waals surface area contributed by atoms with Gasteiger partial charge in [-0.2, -0.15) is 13.2 Å². The first-order valence-electron chi connectivity index (χ1n) is 7.77. The van der Waals surface area contributed by atoms with Crippen molar-refractivity contribution in [3.05, 3.63) is 59.4 Å². The van der Waals surface area contributed by atoms with Crippen molar-refractivity contribution in [2.75, 3.05) is 31.1 Å². The van der Waals surface area contributed by atoms with Crippen LogP contribution in [0.2, 0.25) is 0 Å². The Bertz CT molecular complexity index is 739. The molecule has 0 atom stereocenters. The molecular formula is C17H16F5N3. The Morgan fingerprint density at radius 1 is 1.00 bits per heavy atom. The predicted octanol–water partition coefficient (Wildman–Crippen LogP) is 3.70. The summed E-state index contributed by atoms with van der Waals surface area (Å²) in [6.07, 6.45) is -3.40. The van der Waals surface area contributed by atoms with Crippen molar-refractivity contribution in [3.63, 3.8) is 0 Å². The van der Waals surface area contributed by atoms with Crippen LogP contribution in [0.5, 0.6) is 0 Å². The maximum absolute atomic E-state index is 13.7. The van der Waals surface area contributed by atoms with Crippen LogP contribution in [0.25, 0.3) is 0 Å². The zero-order chi connectivity index (χ0) is 18.0. The van der Waals surface area contributed by atoms with Crippen LogP contribution >= 0.6 is 0 Å². The van der Waals surface area contributed by atoms with E-state index in [0.29, 0.717) is 31.9 Å². The first-order chi connectivity index (χ1) is 11.8. The molecule has 0 aliphatic carbocycles. The van der Waals surface area contributed by atoms with Gasteiger partial charge >= 0.3 is 6.18 Å². The van der Waals surface area contributed by atoms with E-state index in [2.05, 4.69) is 4.98 Å². The van der Waals surface area contributed by atoms with Crippen LogP contribution in [0.3, 0.4) is 0 Å². The number of aromatic nitrogens is 1. The Labute approximate surface area is 141 Å². The quantitative estimate of drug-likeness (QED) is 0.781. The third-order valence-electron chi connectivity index (χ3n) is 4.17. The maximum atomic E-state index is 13.7. The van der Waals surface area contributed by atoms with Gasteiger partial charge in [-0.05, 0) is 18.2 Å². The summed E-state index contributed by atoms with van der Waals surface area (Å²) in [6, 6.07) is 6.01. The molecule has 0 bridgehead atoms. The van der Waals surface area contributed by atoms with Crippen molar-refractivity contribution in [2.24, 2.45) is 0 Å². The van der Waals surface area contributed by atoms with E-state index in [4.69, 9.17) is 0 Å². The Kier molecular flexibility index (Phi) is 4.89. The van der Waals surface area contributed by atoms with Crippen LogP contribution in [0.1, 0.15) is 11.3 Å². The number of anilines is 1. The average Bonchev–Trinajstić information content (AvgIpc) is 2.57. The zero-order valence-corrected chi connectivity index (χ0v) is 13.2. The van der Waals surface area contributed by atoms with E-state index >= 15 is 0 Å². The number of benzene rings is 1. The molecule has 1 aromatic carbocycles. The number of halogens is 5. The van der Waals surface area contributed by atoms with Gasteiger partial charge in [0.1, 0.15) is 11.6 Å². The van der Waals surface area contributed by atoms with E-state index in [1.807, 2.05) is 9.80 Å². The summed E-state index contributed by atoms with van der Waals surface area (Å²) in [4.78, 5) is 7.56. The summed E-state index contributed by atoms with van der Waals surface area (Å²) < 4.78 is 65.0. The highest BCUT2D eigenvalue weighted by Gasteiger charge is 2.31. The highest BCUT2D eigenvalue weighted by molar-refractivity contribution is 5.49. The van der Waals surface area contributed by atoms with E-state index in [0.717, 1.165) is 24.4 Å². The summed E-state index contributed by atoms with van der Waals surface area (Å²) in [6.45, 7) is 2.38. The van der Waals surface area contributed by atoms with Crippen LogP contribution in [0.15, 0.2) is 36.5 Å². The van der Waals surface area contributed by atoms with Gasteiger partial charge in [-0.25, -0.2) is 8.78 Å². The molecule has 3 nitrogen and oxygen atoms in total. The summed E-state index contributed by atoms with van der Waals surface area (Å²) in [5.41, 5.74) is -0.000468. The van der Waals surface area contributed by atoms with Gasteiger partial charge in [-0.1, -0.05) is 6.07 Å². The van der Waals surface area contributed by atoms with Crippen LogP contribution < -0.4 is 4.90 Å². The second kappa shape index (κ2) is 6.95. The summed E-state index contributed by atoms with van der Waals surface area (Å²) >= 11 is 0. The largest absolute Gasteiger partial charge is 0.416 e. The molecule has 8 heteroatoms. The average molecular weight is 357 g/mol. The van der Waals surface area contributed by atoms with Crippen molar-refractivity contribution in [3.8, 4) is 0 Å². The molecule has 0 radical (unpaired) electrons. The van der Waals surface area contributed by atoms with Gasteiger partial charge < -0.3 is 4.90 Å². The lowest BCUT2D eigenvalue weighted by Gasteiger charge is -2.36. The molecule has 1 aliphatic rings. The third-order valence-corrected chi connectivity index (χ3v) is 4.17. The van der Waals surface area contributed by atoms with Crippen molar-refractivity contribution in [1.82, 2.24) is 9.88 Å². The standard InChI is InChI=1S/C17H16F5N3/c18-13-9-15(19)16(23-10-13)11-24-4-6-25(7-5-24)14-3-1-2-12(8-14)17(20,21)22/h1-3,8-10H,4-7,11H2. The number of hydrogen-bond acceptors (Lipinski definition) is 3. The molecule has 134 valence electrons. The molecule has 1 fully saturated rings. The Morgan fingerprint density at radius 2 is 1.72 bits per heavy atom. The number of nitrogens with zero attached hydrogens (tertiary/aromatic N) is 3. The minimum atomic E-state index is -4.37. The first-order valence-corrected chi connectivity index (χ1v) is 7.77. The molecule has 0 unspecified atom stereocenters. The molecule has 3 rings (SSSR count). The van der Waals surface area contributed by atoms with Gasteiger partial charge in [0, 0.05) is 44.5 Å². The van der Waals surface area contributed by atoms with Crippen LogP contribution in [-0.2, 0) is 12.7 Å². The second-order valence-electron chi connectivity index (χ2n) is 5.89. The molecule has 1 saturated heterocycles. The van der Waals surface area contributed by atoms with Crippen LogP contribution in [-0.4, -0.2) is 36.1 Å². The minimum Gasteiger partial charge on any atom is -0.369 e. The summed E-state index contributed by atoms with van der Waals surface area (Å²) in [5, 5.41) is 0. The monoisotopic (exact) mass is 357 g/mol. The molecule has 2 aromatic rings. The van der Waals surface area contributed by atoms with Gasteiger partial charge in [-0.3, -0.25) is 9.88 Å². The van der Waals surface area contributed by atoms with E-state index in [9.17, 15) is 22.0 Å². The number of alkyl halides is 3. The molecule has 1 aromatic heterocycles. The molecule has 2 heterocycles. The zero-order valence-electron chi connectivity index (χ0n) is 13.2. The highest BCUT2D eigenvalue weighted by Crippen LogP contribution is 2.31. The molecule has 0 spiro atoms. The lowest BCUT2D eigenvalue weighted by molar-refractivity contribution is -0.137. The fourth-order valence-corrected chi connectivity index (χ4v) is 2.81. The third kappa shape index (κ3) is 4.25. The fraction of sp³-hybridized carbons (Fsp3) is 0.353.